The number of ether oxygens (including phenoxy) is 1. The first kappa shape index (κ1) is 11.6. The predicted octanol–water partition coefficient (Wildman–Crippen LogP) is 3.42. The monoisotopic (exact) mass is 290 g/mol. The van der Waals surface area contributed by atoms with Crippen molar-refractivity contribution >= 4 is 27.3 Å². The summed E-state index contributed by atoms with van der Waals surface area (Å²) in [7, 11) is 0. The molecule has 2 nitrogen and oxygen atoms in total. The van der Waals surface area contributed by atoms with Gasteiger partial charge in [0.05, 0.1) is 6.10 Å². The lowest BCUT2D eigenvalue weighted by Gasteiger charge is -2.26. The Balaban J connectivity index is 2.08. The standard InChI is InChI=1S/C11H15BrO2S/c1-7-8(12)6-10(15-7)11(13)9-4-2-3-5-14-9/h6,9,11,13H,2-5H2,1H3. The van der Waals surface area contributed by atoms with Crippen LogP contribution in [0.5, 0.6) is 0 Å². The molecule has 1 fully saturated rings. The van der Waals surface area contributed by atoms with Crippen LogP contribution < -0.4 is 0 Å². The molecule has 15 heavy (non-hydrogen) atoms. The highest BCUT2D eigenvalue weighted by Crippen LogP contribution is 2.34. The fourth-order valence-corrected chi connectivity index (χ4v) is 3.43. The van der Waals surface area contributed by atoms with E-state index in [4.69, 9.17) is 4.74 Å². The summed E-state index contributed by atoms with van der Waals surface area (Å²) in [6.45, 7) is 2.83. The second-order valence-electron chi connectivity index (χ2n) is 3.90. The molecule has 0 aliphatic carbocycles. The third-order valence-electron chi connectivity index (χ3n) is 2.73. The van der Waals surface area contributed by atoms with Crippen molar-refractivity contribution in [2.75, 3.05) is 6.61 Å². The molecular formula is C11H15BrO2S. The number of aliphatic hydroxyl groups is 1. The Labute approximate surface area is 102 Å². The van der Waals surface area contributed by atoms with Crippen LogP contribution in [0.1, 0.15) is 35.1 Å². The number of hydrogen-bond donors (Lipinski definition) is 1. The molecule has 0 spiro atoms. The van der Waals surface area contributed by atoms with Crippen molar-refractivity contribution in [2.24, 2.45) is 0 Å². The zero-order chi connectivity index (χ0) is 10.8. The Morgan fingerprint density at radius 2 is 2.40 bits per heavy atom. The molecule has 0 radical (unpaired) electrons. The topological polar surface area (TPSA) is 29.5 Å². The van der Waals surface area contributed by atoms with Crippen molar-refractivity contribution in [1.29, 1.82) is 0 Å². The molecule has 1 saturated heterocycles. The molecule has 1 aliphatic rings. The van der Waals surface area contributed by atoms with Gasteiger partial charge in [-0.3, -0.25) is 0 Å². The normalized spacial score (nSPS) is 24.1. The second kappa shape index (κ2) is 4.95. The molecule has 2 heterocycles. The molecule has 0 saturated carbocycles. The molecule has 2 atom stereocenters. The van der Waals surface area contributed by atoms with Crippen molar-refractivity contribution in [3.63, 3.8) is 0 Å². The molecule has 2 rings (SSSR count). The molecule has 1 N–H and O–H groups in total. The first-order valence-corrected chi connectivity index (χ1v) is 6.85. The maximum absolute atomic E-state index is 10.1. The number of aliphatic hydroxyl groups excluding tert-OH is 1. The minimum atomic E-state index is -0.458. The van der Waals surface area contributed by atoms with Crippen LogP contribution in [0.25, 0.3) is 0 Å². The highest BCUT2D eigenvalue weighted by atomic mass is 79.9. The number of aryl methyl sites for hydroxylation is 1. The van der Waals surface area contributed by atoms with Crippen molar-refractivity contribution in [3.05, 3.63) is 20.3 Å². The molecule has 1 aromatic heterocycles. The van der Waals surface area contributed by atoms with Gasteiger partial charge in [0.25, 0.3) is 0 Å². The van der Waals surface area contributed by atoms with Crippen LogP contribution >= 0.6 is 27.3 Å². The fourth-order valence-electron chi connectivity index (χ4n) is 1.83. The molecule has 4 heteroatoms. The van der Waals surface area contributed by atoms with Crippen LogP contribution in [0.4, 0.5) is 0 Å². The van der Waals surface area contributed by atoms with Crippen LogP contribution in [0.2, 0.25) is 0 Å². The van der Waals surface area contributed by atoms with E-state index < -0.39 is 6.10 Å². The fraction of sp³-hybridized carbons (Fsp3) is 0.636. The van der Waals surface area contributed by atoms with Crippen LogP contribution in [0.15, 0.2) is 10.5 Å². The third kappa shape index (κ3) is 2.61. The van der Waals surface area contributed by atoms with E-state index in [2.05, 4.69) is 15.9 Å². The summed E-state index contributed by atoms with van der Waals surface area (Å²) in [6, 6.07) is 2.00. The number of hydrogen-bond acceptors (Lipinski definition) is 3. The average molecular weight is 291 g/mol. The maximum Gasteiger partial charge on any atom is 0.114 e. The molecule has 84 valence electrons. The molecular weight excluding hydrogens is 276 g/mol. The van der Waals surface area contributed by atoms with Crippen molar-refractivity contribution in [1.82, 2.24) is 0 Å². The predicted molar refractivity (Wildman–Crippen MR) is 65.3 cm³/mol. The summed E-state index contributed by atoms with van der Waals surface area (Å²) in [4.78, 5) is 2.21. The summed E-state index contributed by atoms with van der Waals surface area (Å²) >= 11 is 5.11. The van der Waals surface area contributed by atoms with Gasteiger partial charge >= 0.3 is 0 Å². The zero-order valence-corrected chi connectivity index (χ0v) is 11.1. The molecule has 1 aliphatic heterocycles. The lowest BCUT2D eigenvalue weighted by molar-refractivity contribution is -0.0620. The van der Waals surface area contributed by atoms with Gasteiger partial charge in [0, 0.05) is 20.8 Å². The SMILES string of the molecule is Cc1sc(C(O)C2CCCCO2)cc1Br. The van der Waals surface area contributed by atoms with Gasteiger partial charge in [-0.1, -0.05) is 0 Å². The van der Waals surface area contributed by atoms with Gasteiger partial charge in [-0.2, -0.15) is 0 Å². The third-order valence-corrected chi connectivity index (χ3v) is 4.94. The summed E-state index contributed by atoms with van der Waals surface area (Å²) in [5.74, 6) is 0. The number of rotatable bonds is 2. The van der Waals surface area contributed by atoms with Crippen LogP contribution in [-0.2, 0) is 4.74 Å². The molecule has 0 aromatic carbocycles. The summed E-state index contributed by atoms with van der Waals surface area (Å²) in [6.07, 6.45) is 2.78. The van der Waals surface area contributed by atoms with Crippen molar-refractivity contribution < 1.29 is 9.84 Å². The highest BCUT2D eigenvalue weighted by molar-refractivity contribution is 9.10. The van der Waals surface area contributed by atoms with Gasteiger partial charge in [-0.15, -0.1) is 11.3 Å². The molecule has 2 unspecified atom stereocenters. The maximum atomic E-state index is 10.1. The van der Waals surface area contributed by atoms with Crippen molar-refractivity contribution in [3.8, 4) is 0 Å². The summed E-state index contributed by atoms with van der Waals surface area (Å²) in [5, 5.41) is 10.1. The average Bonchev–Trinajstić information content (AvgIpc) is 2.59. The van der Waals surface area contributed by atoms with Crippen molar-refractivity contribution in [2.45, 2.75) is 38.4 Å². The lowest BCUT2D eigenvalue weighted by atomic mass is 10.0. The van der Waals surface area contributed by atoms with E-state index in [1.54, 1.807) is 11.3 Å². The van der Waals surface area contributed by atoms with E-state index in [1.807, 2.05) is 13.0 Å². The van der Waals surface area contributed by atoms with Gasteiger partial charge in [-0.25, -0.2) is 0 Å². The zero-order valence-electron chi connectivity index (χ0n) is 8.70. The number of halogens is 1. The Morgan fingerprint density at radius 3 is 2.93 bits per heavy atom. The van der Waals surface area contributed by atoms with Gasteiger partial charge in [0.15, 0.2) is 0 Å². The first-order chi connectivity index (χ1) is 7.18. The lowest BCUT2D eigenvalue weighted by Crippen LogP contribution is -2.25. The van der Waals surface area contributed by atoms with Gasteiger partial charge in [0.2, 0.25) is 0 Å². The first-order valence-electron chi connectivity index (χ1n) is 5.24. The Hall–Kier alpha value is 0.100. The Morgan fingerprint density at radius 1 is 1.60 bits per heavy atom. The Kier molecular flexibility index (Phi) is 3.83. The summed E-state index contributed by atoms with van der Waals surface area (Å²) in [5.41, 5.74) is 0. The van der Waals surface area contributed by atoms with E-state index in [0.717, 1.165) is 35.2 Å². The van der Waals surface area contributed by atoms with Gasteiger partial charge in [-0.05, 0) is 48.2 Å². The number of thiophene rings is 1. The largest absolute Gasteiger partial charge is 0.385 e. The minimum Gasteiger partial charge on any atom is -0.385 e. The van der Waals surface area contributed by atoms with Gasteiger partial charge in [0.1, 0.15) is 6.10 Å². The molecule has 0 bridgehead atoms. The van der Waals surface area contributed by atoms with E-state index in [0.29, 0.717) is 0 Å². The van der Waals surface area contributed by atoms with E-state index >= 15 is 0 Å². The van der Waals surface area contributed by atoms with E-state index in [1.165, 1.54) is 4.88 Å². The van der Waals surface area contributed by atoms with Gasteiger partial charge < -0.3 is 9.84 Å². The van der Waals surface area contributed by atoms with Crippen LogP contribution in [0, 0.1) is 6.92 Å². The van der Waals surface area contributed by atoms with Crippen LogP contribution in [-0.4, -0.2) is 17.8 Å². The van der Waals surface area contributed by atoms with Crippen LogP contribution in [0.3, 0.4) is 0 Å². The van der Waals surface area contributed by atoms with E-state index in [-0.39, 0.29) is 6.10 Å². The molecule has 0 amide bonds. The second-order valence-corrected chi connectivity index (χ2v) is 6.04. The minimum absolute atomic E-state index is 0.0105. The molecule has 1 aromatic rings. The smallest absolute Gasteiger partial charge is 0.114 e. The van der Waals surface area contributed by atoms with E-state index in [9.17, 15) is 5.11 Å². The quantitative estimate of drug-likeness (QED) is 0.904. The summed E-state index contributed by atoms with van der Waals surface area (Å²) < 4.78 is 6.67. The Bertz CT molecular complexity index is 312. The highest BCUT2D eigenvalue weighted by Gasteiger charge is 2.25.